The van der Waals surface area contributed by atoms with Crippen molar-refractivity contribution in [1.29, 1.82) is 0 Å². The fraction of sp³-hybridized carbons (Fsp3) is 0.318. The van der Waals surface area contributed by atoms with E-state index in [1.54, 1.807) is 21.9 Å². The van der Waals surface area contributed by atoms with Gasteiger partial charge in [-0.3, -0.25) is 9.59 Å². The maximum Gasteiger partial charge on any atom is 0.586 e. The first-order chi connectivity index (χ1) is 15.9. The Morgan fingerprint density at radius 3 is 2.48 bits per heavy atom. The Hall–Kier alpha value is -3.89. The molecule has 3 aliphatic rings. The number of aromatic nitrogens is 1. The lowest BCUT2D eigenvalue weighted by Crippen LogP contribution is -2.50. The van der Waals surface area contributed by atoms with Crippen molar-refractivity contribution in [3.63, 3.8) is 0 Å². The molecule has 0 atom stereocenters. The summed E-state index contributed by atoms with van der Waals surface area (Å²) in [6.45, 7) is 2.28. The normalized spacial score (nSPS) is 18.5. The molecule has 5 rings (SSSR count). The number of fused-ring (bicyclic) bond motifs is 2. The summed E-state index contributed by atoms with van der Waals surface area (Å²) in [6, 6.07) is 5.90. The molecule has 1 aromatic heterocycles. The molecule has 0 radical (unpaired) electrons. The average Bonchev–Trinajstić information content (AvgIpc) is 3.14. The number of halogens is 2. The van der Waals surface area contributed by atoms with Crippen LogP contribution in [0.15, 0.2) is 36.5 Å². The highest BCUT2D eigenvalue weighted by molar-refractivity contribution is 5.95. The number of piperazine rings is 1. The summed E-state index contributed by atoms with van der Waals surface area (Å²) in [6.07, 6.45) is 0.642. The Morgan fingerprint density at radius 1 is 0.939 bits per heavy atom. The first-order valence-corrected chi connectivity index (χ1v) is 10.3. The van der Waals surface area contributed by atoms with E-state index < -0.39 is 6.29 Å². The van der Waals surface area contributed by atoms with Crippen molar-refractivity contribution < 1.29 is 37.3 Å². The second kappa shape index (κ2) is 8.23. The molecule has 2 aromatic rings. The molecule has 33 heavy (non-hydrogen) atoms. The van der Waals surface area contributed by atoms with E-state index in [2.05, 4.69) is 14.5 Å². The number of hydrogen-bond donors (Lipinski definition) is 0. The molecule has 0 bridgehead atoms. The third kappa shape index (κ3) is 4.38. The second-order valence-electron chi connectivity index (χ2n) is 7.55. The molecular weight excluding hydrogens is 440 g/mol. The molecule has 11 heteroatoms. The minimum atomic E-state index is -3.69. The molecule has 4 heterocycles. The predicted octanol–water partition coefficient (Wildman–Crippen LogP) is 2.17. The zero-order valence-electron chi connectivity index (χ0n) is 17.3. The fourth-order valence-corrected chi connectivity index (χ4v) is 3.71. The van der Waals surface area contributed by atoms with E-state index in [0.717, 1.165) is 0 Å². The van der Waals surface area contributed by atoms with E-state index in [9.17, 15) is 18.4 Å². The van der Waals surface area contributed by atoms with E-state index in [1.807, 2.05) is 0 Å². The van der Waals surface area contributed by atoms with E-state index in [1.165, 1.54) is 30.5 Å². The SMILES string of the molecule is O=C(/C=C/c1ccc2c(c1)OC(F)(F)O2)N1CCN(C(=O)c2cnc3c(c2)OCCO3)CC1. The Balaban J connectivity index is 1.17. The number of hydrogen-bond acceptors (Lipinski definition) is 7. The molecule has 0 aliphatic carbocycles. The number of benzene rings is 1. The van der Waals surface area contributed by atoms with Gasteiger partial charge in [-0.15, -0.1) is 8.78 Å². The minimum Gasteiger partial charge on any atom is -0.484 e. The largest absolute Gasteiger partial charge is 0.586 e. The van der Waals surface area contributed by atoms with Crippen molar-refractivity contribution in [2.24, 2.45) is 0 Å². The van der Waals surface area contributed by atoms with Gasteiger partial charge in [-0.05, 0) is 23.8 Å². The summed E-state index contributed by atoms with van der Waals surface area (Å²) in [5.41, 5.74) is 0.913. The molecule has 0 spiro atoms. The lowest BCUT2D eigenvalue weighted by atomic mass is 10.2. The summed E-state index contributed by atoms with van der Waals surface area (Å²) in [5.74, 6) is 0.229. The standard InChI is InChI=1S/C22H19F2N3O6/c23-22(24)32-16-3-1-14(11-17(16)33-22)2-4-19(28)26-5-7-27(8-6-26)21(29)15-12-18-20(25-13-15)31-10-9-30-18/h1-4,11-13H,5-10H2/b4-2+. The average molecular weight is 459 g/mol. The number of ether oxygens (including phenoxy) is 4. The highest BCUT2D eigenvalue weighted by Gasteiger charge is 2.43. The highest BCUT2D eigenvalue weighted by atomic mass is 19.3. The Morgan fingerprint density at radius 2 is 1.67 bits per heavy atom. The zero-order chi connectivity index (χ0) is 23.0. The first-order valence-electron chi connectivity index (χ1n) is 10.3. The van der Waals surface area contributed by atoms with Crippen LogP contribution in [0, 0.1) is 0 Å². The van der Waals surface area contributed by atoms with Gasteiger partial charge < -0.3 is 28.7 Å². The van der Waals surface area contributed by atoms with Crippen LogP contribution < -0.4 is 18.9 Å². The number of nitrogens with zero attached hydrogens (tertiary/aromatic N) is 3. The van der Waals surface area contributed by atoms with Crippen molar-refractivity contribution in [2.45, 2.75) is 6.29 Å². The van der Waals surface area contributed by atoms with Gasteiger partial charge in [-0.25, -0.2) is 4.98 Å². The predicted molar refractivity (Wildman–Crippen MR) is 109 cm³/mol. The maximum atomic E-state index is 13.1. The van der Waals surface area contributed by atoms with Crippen molar-refractivity contribution in [3.8, 4) is 23.1 Å². The monoisotopic (exact) mass is 459 g/mol. The number of amides is 2. The van der Waals surface area contributed by atoms with Crippen molar-refractivity contribution in [1.82, 2.24) is 14.8 Å². The summed E-state index contributed by atoms with van der Waals surface area (Å²) in [5, 5.41) is 0. The minimum absolute atomic E-state index is 0.0579. The third-order valence-electron chi connectivity index (χ3n) is 5.37. The molecule has 0 unspecified atom stereocenters. The van der Waals surface area contributed by atoms with Gasteiger partial charge in [0.1, 0.15) is 13.2 Å². The lowest BCUT2D eigenvalue weighted by Gasteiger charge is -2.34. The maximum absolute atomic E-state index is 13.1. The smallest absolute Gasteiger partial charge is 0.484 e. The Kier molecular flexibility index (Phi) is 5.23. The zero-order valence-corrected chi connectivity index (χ0v) is 17.3. The van der Waals surface area contributed by atoms with Crippen LogP contribution in [0.1, 0.15) is 15.9 Å². The summed E-state index contributed by atoms with van der Waals surface area (Å²) in [7, 11) is 0. The van der Waals surface area contributed by atoms with Crippen LogP contribution in [-0.4, -0.2) is 72.3 Å². The molecular formula is C22H19F2N3O6. The van der Waals surface area contributed by atoms with E-state index in [-0.39, 0.29) is 23.3 Å². The third-order valence-corrected chi connectivity index (χ3v) is 5.37. The molecule has 2 amide bonds. The highest BCUT2D eigenvalue weighted by Crippen LogP contribution is 2.41. The lowest BCUT2D eigenvalue weighted by molar-refractivity contribution is -0.286. The van der Waals surface area contributed by atoms with Gasteiger partial charge in [0.05, 0.1) is 5.56 Å². The van der Waals surface area contributed by atoms with E-state index >= 15 is 0 Å². The second-order valence-corrected chi connectivity index (χ2v) is 7.55. The van der Waals surface area contributed by atoms with Crippen LogP contribution in [0.4, 0.5) is 8.78 Å². The van der Waals surface area contributed by atoms with Crippen LogP contribution in [-0.2, 0) is 4.79 Å². The van der Waals surface area contributed by atoms with Gasteiger partial charge in [0.2, 0.25) is 5.91 Å². The van der Waals surface area contributed by atoms with Gasteiger partial charge in [0, 0.05) is 44.5 Å². The molecule has 172 valence electrons. The molecule has 0 N–H and O–H groups in total. The Bertz CT molecular complexity index is 1130. The molecule has 1 fully saturated rings. The molecule has 0 saturated carbocycles. The number of alkyl halides is 2. The topological polar surface area (TPSA) is 90.4 Å². The number of pyridine rings is 1. The Labute approximate surface area is 187 Å². The van der Waals surface area contributed by atoms with Gasteiger partial charge >= 0.3 is 6.29 Å². The van der Waals surface area contributed by atoms with E-state index in [4.69, 9.17) is 9.47 Å². The van der Waals surface area contributed by atoms with Crippen LogP contribution in [0.2, 0.25) is 0 Å². The van der Waals surface area contributed by atoms with Crippen LogP contribution in [0.5, 0.6) is 23.1 Å². The molecule has 1 saturated heterocycles. The number of carbonyl (C=O) groups excluding carboxylic acids is 2. The van der Waals surface area contributed by atoms with Crippen LogP contribution >= 0.6 is 0 Å². The van der Waals surface area contributed by atoms with Crippen molar-refractivity contribution in [3.05, 3.63) is 47.7 Å². The fourth-order valence-electron chi connectivity index (χ4n) is 3.71. The quantitative estimate of drug-likeness (QED) is 0.650. The van der Waals surface area contributed by atoms with E-state index in [0.29, 0.717) is 62.1 Å². The van der Waals surface area contributed by atoms with Crippen LogP contribution in [0.25, 0.3) is 6.08 Å². The van der Waals surface area contributed by atoms with Gasteiger partial charge in [-0.2, -0.15) is 0 Å². The summed E-state index contributed by atoms with van der Waals surface area (Å²) in [4.78, 5) is 32.7. The first kappa shape index (κ1) is 21.0. The molecule has 9 nitrogen and oxygen atoms in total. The summed E-state index contributed by atoms with van der Waals surface area (Å²) >= 11 is 0. The van der Waals surface area contributed by atoms with Crippen molar-refractivity contribution in [2.75, 3.05) is 39.4 Å². The summed E-state index contributed by atoms with van der Waals surface area (Å²) < 4.78 is 45.9. The molecule has 1 aromatic carbocycles. The van der Waals surface area contributed by atoms with Gasteiger partial charge in [0.25, 0.3) is 11.8 Å². The number of rotatable bonds is 3. The van der Waals surface area contributed by atoms with Gasteiger partial charge in [-0.1, -0.05) is 6.07 Å². The van der Waals surface area contributed by atoms with Crippen molar-refractivity contribution >= 4 is 17.9 Å². The van der Waals surface area contributed by atoms with Crippen LogP contribution in [0.3, 0.4) is 0 Å². The number of carbonyl (C=O) groups is 2. The van der Waals surface area contributed by atoms with Gasteiger partial charge in [0.15, 0.2) is 17.2 Å². The molecule has 3 aliphatic heterocycles.